The van der Waals surface area contributed by atoms with Crippen LogP contribution in [0.2, 0.25) is 0 Å². The van der Waals surface area contributed by atoms with Crippen LogP contribution in [0, 0.1) is 0 Å². The highest BCUT2D eigenvalue weighted by molar-refractivity contribution is 7.21. The topological polar surface area (TPSA) is 38.9 Å². The van der Waals surface area contributed by atoms with Crippen molar-refractivity contribution in [2.75, 3.05) is 0 Å². The number of benzene rings is 2. The highest BCUT2D eigenvalue weighted by Gasteiger charge is 2.12. The van der Waals surface area contributed by atoms with E-state index < -0.39 is 0 Å². The minimum absolute atomic E-state index is 0.595. The molecule has 0 spiro atoms. The molecule has 4 rings (SSSR count). The number of aromatic nitrogens is 2. The minimum Gasteiger partial charge on any atom is -0.434 e. The van der Waals surface area contributed by atoms with Crippen LogP contribution in [-0.4, -0.2) is 9.97 Å². The van der Waals surface area contributed by atoms with Gasteiger partial charge in [-0.25, -0.2) is 9.97 Å². The van der Waals surface area contributed by atoms with Crippen LogP contribution < -0.4 is 0 Å². The number of rotatable bonds is 1. The second-order valence-corrected chi connectivity index (χ2v) is 5.00. The van der Waals surface area contributed by atoms with Gasteiger partial charge in [-0.1, -0.05) is 24.3 Å². The van der Waals surface area contributed by atoms with E-state index in [1.54, 1.807) is 11.3 Å². The molecule has 0 saturated carbocycles. The first-order valence-corrected chi connectivity index (χ1v) is 6.43. The highest BCUT2D eigenvalue weighted by Crippen LogP contribution is 2.31. The third-order valence-corrected chi connectivity index (χ3v) is 3.80. The van der Waals surface area contributed by atoms with Crippen LogP contribution in [0.1, 0.15) is 0 Å². The van der Waals surface area contributed by atoms with E-state index in [1.165, 1.54) is 0 Å². The van der Waals surface area contributed by atoms with Gasteiger partial charge in [-0.3, -0.25) is 0 Å². The third kappa shape index (κ3) is 1.43. The number of nitrogens with zero attached hydrogens (tertiary/aromatic N) is 2. The standard InChI is InChI=1S/C14H8N2OS/c1-3-7-11-9(5-1)15-13(17-11)14-16-10-6-2-4-8-12(10)18-14/h1-8H. The third-order valence-electron chi connectivity index (χ3n) is 2.77. The van der Waals surface area contributed by atoms with Crippen LogP contribution in [0.25, 0.3) is 32.2 Å². The first-order valence-electron chi connectivity index (χ1n) is 5.62. The van der Waals surface area contributed by atoms with Gasteiger partial charge in [0.15, 0.2) is 10.6 Å². The number of hydrogen-bond donors (Lipinski definition) is 0. The monoisotopic (exact) mass is 252 g/mol. The molecule has 18 heavy (non-hydrogen) atoms. The maximum Gasteiger partial charge on any atom is 0.256 e. The Morgan fingerprint density at radius 1 is 0.833 bits per heavy atom. The zero-order valence-electron chi connectivity index (χ0n) is 9.33. The summed E-state index contributed by atoms with van der Waals surface area (Å²) in [5, 5.41) is 0.826. The second-order valence-electron chi connectivity index (χ2n) is 3.97. The summed E-state index contributed by atoms with van der Waals surface area (Å²) in [6.07, 6.45) is 0. The second kappa shape index (κ2) is 3.65. The molecule has 0 aliphatic rings. The first-order chi connectivity index (χ1) is 8.90. The molecule has 2 aromatic heterocycles. The SMILES string of the molecule is c1ccc2oc(-c3nc4ccccc4s3)nc2c1. The molecule has 0 radical (unpaired) electrons. The normalized spacial score (nSPS) is 11.3. The van der Waals surface area contributed by atoms with Crippen LogP contribution in [0.5, 0.6) is 0 Å². The molecule has 0 atom stereocenters. The van der Waals surface area contributed by atoms with E-state index in [-0.39, 0.29) is 0 Å². The number of para-hydroxylation sites is 3. The van der Waals surface area contributed by atoms with E-state index in [1.807, 2.05) is 42.5 Å². The van der Waals surface area contributed by atoms with Crippen molar-refractivity contribution in [3.63, 3.8) is 0 Å². The van der Waals surface area contributed by atoms with Crippen molar-refractivity contribution in [3.8, 4) is 10.9 Å². The number of oxazole rings is 1. The lowest BCUT2D eigenvalue weighted by molar-refractivity contribution is 0.619. The van der Waals surface area contributed by atoms with Crippen molar-refractivity contribution in [1.82, 2.24) is 9.97 Å². The Labute approximate surface area is 107 Å². The van der Waals surface area contributed by atoms with Crippen molar-refractivity contribution in [1.29, 1.82) is 0 Å². The molecule has 0 fully saturated rings. The van der Waals surface area contributed by atoms with Crippen LogP contribution >= 0.6 is 11.3 Å². The summed E-state index contributed by atoms with van der Waals surface area (Å²) in [6.45, 7) is 0. The van der Waals surface area contributed by atoms with Crippen molar-refractivity contribution >= 4 is 32.7 Å². The van der Waals surface area contributed by atoms with E-state index in [4.69, 9.17) is 4.42 Å². The summed E-state index contributed by atoms with van der Waals surface area (Å²) >= 11 is 1.60. The van der Waals surface area contributed by atoms with Crippen molar-refractivity contribution in [3.05, 3.63) is 48.5 Å². The first kappa shape index (κ1) is 9.79. The Morgan fingerprint density at radius 2 is 1.61 bits per heavy atom. The molecule has 0 aliphatic carbocycles. The lowest BCUT2D eigenvalue weighted by atomic mass is 10.3. The molecular weight excluding hydrogens is 244 g/mol. The van der Waals surface area contributed by atoms with Gasteiger partial charge in [-0.15, -0.1) is 11.3 Å². The minimum atomic E-state index is 0.595. The summed E-state index contributed by atoms with van der Waals surface area (Å²) in [6, 6.07) is 15.8. The lowest BCUT2D eigenvalue weighted by Crippen LogP contribution is -1.73. The molecule has 0 unspecified atom stereocenters. The van der Waals surface area contributed by atoms with Gasteiger partial charge in [0.05, 0.1) is 10.2 Å². The quantitative estimate of drug-likeness (QED) is 0.512. The van der Waals surface area contributed by atoms with Crippen LogP contribution in [-0.2, 0) is 0 Å². The van der Waals surface area contributed by atoms with Gasteiger partial charge >= 0.3 is 0 Å². The fourth-order valence-electron chi connectivity index (χ4n) is 1.93. The average molecular weight is 252 g/mol. The van der Waals surface area contributed by atoms with Crippen LogP contribution in [0.15, 0.2) is 52.9 Å². The van der Waals surface area contributed by atoms with Gasteiger partial charge in [0, 0.05) is 0 Å². The van der Waals surface area contributed by atoms with E-state index in [0.29, 0.717) is 5.89 Å². The van der Waals surface area contributed by atoms with Gasteiger partial charge in [-0.05, 0) is 24.3 Å². The Hall–Kier alpha value is -2.20. The maximum absolute atomic E-state index is 5.72. The van der Waals surface area contributed by atoms with Crippen molar-refractivity contribution in [2.24, 2.45) is 0 Å². The molecule has 4 aromatic rings. The summed E-state index contributed by atoms with van der Waals surface area (Å²) in [4.78, 5) is 9.00. The Balaban J connectivity index is 1.95. The van der Waals surface area contributed by atoms with E-state index in [2.05, 4.69) is 16.0 Å². The van der Waals surface area contributed by atoms with Gasteiger partial charge in [0.25, 0.3) is 5.89 Å². The number of fused-ring (bicyclic) bond motifs is 2. The highest BCUT2D eigenvalue weighted by atomic mass is 32.1. The van der Waals surface area contributed by atoms with E-state index in [9.17, 15) is 0 Å². The fourth-order valence-corrected chi connectivity index (χ4v) is 2.82. The molecular formula is C14H8N2OS. The summed E-state index contributed by atoms with van der Waals surface area (Å²) in [5.41, 5.74) is 2.65. The Kier molecular flexibility index (Phi) is 1.98. The summed E-state index contributed by atoms with van der Waals surface area (Å²) in [7, 11) is 0. The number of thiazole rings is 1. The predicted molar refractivity (Wildman–Crippen MR) is 72.6 cm³/mol. The smallest absolute Gasteiger partial charge is 0.256 e. The predicted octanol–water partition coefficient (Wildman–Crippen LogP) is 4.10. The van der Waals surface area contributed by atoms with Gasteiger partial charge in [-0.2, -0.15) is 0 Å². The molecule has 0 aliphatic heterocycles. The zero-order chi connectivity index (χ0) is 11.9. The van der Waals surface area contributed by atoms with E-state index in [0.717, 1.165) is 26.3 Å². The zero-order valence-corrected chi connectivity index (χ0v) is 10.1. The molecule has 2 heterocycles. The summed E-state index contributed by atoms with van der Waals surface area (Å²) in [5.74, 6) is 0.595. The molecule has 0 bridgehead atoms. The lowest BCUT2D eigenvalue weighted by Gasteiger charge is -1.83. The molecule has 4 heteroatoms. The van der Waals surface area contributed by atoms with Crippen molar-refractivity contribution in [2.45, 2.75) is 0 Å². The molecule has 0 amide bonds. The molecule has 0 N–H and O–H groups in total. The number of hydrogen-bond acceptors (Lipinski definition) is 4. The molecule has 3 nitrogen and oxygen atoms in total. The van der Waals surface area contributed by atoms with Gasteiger partial charge in [0.2, 0.25) is 0 Å². The Bertz CT molecular complexity index is 709. The maximum atomic E-state index is 5.72. The average Bonchev–Trinajstić information content (AvgIpc) is 3.02. The van der Waals surface area contributed by atoms with Crippen LogP contribution in [0.4, 0.5) is 0 Å². The van der Waals surface area contributed by atoms with Crippen molar-refractivity contribution < 1.29 is 4.42 Å². The van der Waals surface area contributed by atoms with Crippen LogP contribution in [0.3, 0.4) is 0 Å². The summed E-state index contributed by atoms with van der Waals surface area (Å²) < 4.78 is 6.87. The molecule has 0 saturated heterocycles. The fraction of sp³-hybridized carbons (Fsp3) is 0. The van der Waals surface area contributed by atoms with Gasteiger partial charge in [0.1, 0.15) is 5.52 Å². The largest absolute Gasteiger partial charge is 0.434 e. The van der Waals surface area contributed by atoms with E-state index >= 15 is 0 Å². The Morgan fingerprint density at radius 3 is 2.44 bits per heavy atom. The molecule has 86 valence electrons. The molecule has 2 aromatic carbocycles. The van der Waals surface area contributed by atoms with Gasteiger partial charge < -0.3 is 4.42 Å².